The van der Waals surface area contributed by atoms with Crippen molar-refractivity contribution in [3.63, 3.8) is 0 Å². The Labute approximate surface area is 200 Å². The number of hydrogen-bond acceptors (Lipinski definition) is 8. The van der Waals surface area contributed by atoms with Crippen molar-refractivity contribution in [2.75, 3.05) is 23.0 Å². The second-order valence-electron chi connectivity index (χ2n) is 8.48. The lowest BCUT2D eigenvalue weighted by molar-refractivity contribution is -0.385. The van der Waals surface area contributed by atoms with E-state index in [0.717, 1.165) is 18.2 Å². The molecular formula is C21H21FN2O9S2. The fourth-order valence-corrected chi connectivity index (χ4v) is 6.34. The maximum atomic E-state index is 14.9. The van der Waals surface area contributed by atoms with Gasteiger partial charge in [-0.05, 0) is 42.5 Å². The lowest BCUT2D eigenvalue weighted by Crippen LogP contribution is -2.26. The number of carbonyl (C=O) groups is 1. The van der Waals surface area contributed by atoms with Gasteiger partial charge in [-0.15, -0.1) is 0 Å². The SMILES string of the molecule is O=C1O[C@H](Cc2ccc(S(=O)(=O)O)cc2[N+](=O)[O-])CN1c1ccc(C2CCS(=O)(=O)CC2)c(F)c1. The van der Waals surface area contributed by atoms with Crippen LogP contribution in [0.1, 0.15) is 29.9 Å². The van der Waals surface area contributed by atoms with Gasteiger partial charge in [0, 0.05) is 18.1 Å². The first-order valence-corrected chi connectivity index (χ1v) is 13.8. The van der Waals surface area contributed by atoms with Crippen molar-refractivity contribution in [3.8, 4) is 0 Å². The summed E-state index contributed by atoms with van der Waals surface area (Å²) < 4.78 is 75.1. The molecule has 2 aliphatic rings. The van der Waals surface area contributed by atoms with Gasteiger partial charge < -0.3 is 4.74 Å². The molecule has 2 fully saturated rings. The normalized spacial score (nSPS) is 20.6. The number of cyclic esters (lactones) is 1. The highest BCUT2D eigenvalue weighted by Gasteiger charge is 2.35. The Morgan fingerprint density at radius 1 is 1.17 bits per heavy atom. The van der Waals surface area contributed by atoms with Crippen molar-refractivity contribution in [1.82, 2.24) is 0 Å². The molecule has 1 atom stereocenters. The van der Waals surface area contributed by atoms with Crippen molar-refractivity contribution >= 4 is 37.4 Å². The number of benzene rings is 2. The van der Waals surface area contributed by atoms with E-state index >= 15 is 0 Å². The van der Waals surface area contributed by atoms with Gasteiger partial charge in [-0.3, -0.25) is 19.6 Å². The van der Waals surface area contributed by atoms with Crippen LogP contribution in [-0.4, -0.2) is 56.6 Å². The number of nitrogens with zero attached hydrogens (tertiary/aromatic N) is 2. The Balaban J connectivity index is 1.50. The predicted molar refractivity (Wildman–Crippen MR) is 121 cm³/mol. The molecule has 2 aliphatic heterocycles. The van der Waals surface area contributed by atoms with Crippen LogP contribution >= 0.6 is 0 Å². The summed E-state index contributed by atoms with van der Waals surface area (Å²) in [5.74, 6) is -0.816. The third-order valence-corrected chi connectivity index (χ3v) is 8.73. The molecule has 0 radical (unpaired) electrons. The van der Waals surface area contributed by atoms with E-state index in [1.807, 2.05) is 0 Å². The van der Waals surface area contributed by atoms with Gasteiger partial charge in [0.1, 0.15) is 26.7 Å². The first-order valence-electron chi connectivity index (χ1n) is 10.6. The van der Waals surface area contributed by atoms with Gasteiger partial charge in [-0.1, -0.05) is 12.1 Å². The molecule has 0 aliphatic carbocycles. The summed E-state index contributed by atoms with van der Waals surface area (Å²) in [5, 5.41) is 11.4. The maximum absolute atomic E-state index is 14.9. The van der Waals surface area contributed by atoms with Crippen molar-refractivity contribution in [3.05, 3.63) is 63.5 Å². The monoisotopic (exact) mass is 528 g/mol. The number of hydrogen-bond donors (Lipinski definition) is 1. The Morgan fingerprint density at radius 2 is 1.86 bits per heavy atom. The van der Waals surface area contributed by atoms with E-state index in [9.17, 15) is 36.1 Å². The van der Waals surface area contributed by atoms with Gasteiger partial charge >= 0.3 is 6.09 Å². The van der Waals surface area contributed by atoms with E-state index < -0.39 is 53.5 Å². The lowest BCUT2D eigenvalue weighted by atomic mass is 9.93. The van der Waals surface area contributed by atoms with Crippen molar-refractivity contribution < 1.29 is 40.2 Å². The number of ether oxygens (including phenoxy) is 1. The number of carbonyl (C=O) groups excluding carboxylic acids is 1. The molecule has 0 aromatic heterocycles. The third kappa shape index (κ3) is 5.44. The Bertz CT molecular complexity index is 1400. The predicted octanol–water partition coefficient (Wildman–Crippen LogP) is 2.84. The standard InChI is InChI=1S/C21H21FN2O9S2/c22-19-10-15(2-4-18(19)13-5-7-34(28,29)8-6-13)23-12-16(33-21(23)25)9-14-1-3-17(35(30,31)32)11-20(14)24(26)27/h1-4,10-11,13,16H,5-9,12H2,(H,30,31,32)/t16-/m1/s1. The second kappa shape index (κ2) is 9.17. The largest absolute Gasteiger partial charge is 0.444 e. The molecule has 188 valence electrons. The number of nitro groups is 1. The Kier molecular flexibility index (Phi) is 6.55. The summed E-state index contributed by atoms with van der Waals surface area (Å²) in [6, 6.07) is 7.13. The molecule has 14 heteroatoms. The first-order chi connectivity index (χ1) is 16.3. The molecule has 2 saturated heterocycles. The lowest BCUT2D eigenvalue weighted by Gasteiger charge is -2.23. The molecular weight excluding hydrogens is 507 g/mol. The van der Waals surface area contributed by atoms with Crippen LogP contribution in [0, 0.1) is 15.9 Å². The highest BCUT2D eigenvalue weighted by atomic mass is 32.2. The van der Waals surface area contributed by atoms with Gasteiger partial charge in [-0.2, -0.15) is 8.42 Å². The van der Waals surface area contributed by atoms with Crippen LogP contribution in [-0.2, 0) is 31.1 Å². The first kappa shape index (κ1) is 25.0. The van der Waals surface area contributed by atoms with Crippen LogP contribution in [0.3, 0.4) is 0 Å². The zero-order valence-corrected chi connectivity index (χ0v) is 19.8. The molecule has 1 N–H and O–H groups in total. The molecule has 0 bridgehead atoms. The summed E-state index contributed by atoms with van der Waals surface area (Å²) in [5.41, 5.74) is 0.135. The number of sulfone groups is 1. The number of anilines is 1. The quantitative estimate of drug-likeness (QED) is 0.338. The van der Waals surface area contributed by atoms with E-state index in [1.54, 1.807) is 0 Å². The van der Waals surface area contributed by atoms with Gasteiger partial charge in [0.15, 0.2) is 0 Å². The number of halogens is 1. The molecule has 11 nitrogen and oxygen atoms in total. The fraction of sp³-hybridized carbons (Fsp3) is 0.381. The maximum Gasteiger partial charge on any atom is 0.414 e. The summed E-state index contributed by atoms with van der Waals surface area (Å²) in [7, 11) is -7.73. The van der Waals surface area contributed by atoms with Gasteiger partial charge in [0.05, 0.1) is 28.7 Å². The summed E-state index contributed by atoms with van der Waals surface area (Å²) in [6.45, 7) is -0.0313. The summed E-state index contributed by atoms with van der Waals surface area (Å²) >= 11 is 0. The van der Waals surface area contributed by atoms with Crippen LogP contribution in [0.5, 0.6) is 0 Å². The topological polar surface area (TPSA) is 161 Å². The van der Waals surface area contributed by atoms with Crippen molar-refractivity contribution in [1.29, 1.82) is 0 Å². The van der Waals surface area contributed by atoms with Crippen molar-refractivity contribution in [2.24, 2.45) is 0 Å². The molecule has 2 aromatic rings. The average molecular weight is 529 g/mol. The minimum atomic E-state index is -4.64. The summed E-state index contributed by atoms with van der Waals surface area (Å²) in [6.07, 6.45) is -1.07. The third-order valence-electron chi connectivity index (χ3n) is 6.16. The van der Waals surface area contributed by atoms with Gasteiger partial charge in [0.25, 0.3) is 15.8 Å². The van der Waals surface area contributed by atoms with Crippen LogP contribution in [0.4, 0.5) is 20.6 Å². The molecule has 2 aromatic carbocycles. The molecule has 0 unspecified atom stereocenters. The molecule has 1 amide bonds. The van der Waals surface area contributed by atoms with Crippen LogP contribution < -0.4 is 4.90 Å². The van der Waals surface area contributed by atoms with Gasteiger partial charge in [0.2, 0.25) is 0 Å². The molecule has 35 heavy (non-hydrogen) atoms. The zero-order valence-electron chi connectivity index (χ0n) is 18.2. The number of amides is 1. The molecule has 2 heterocycles. The number of rotatable bonds is 6. The van der Waals surface area contributed by atoms with E-state index in [4.69, 9.17) is 9.29 Å². The van der Waals surface area contributed by atoms with Crippen LogP contribution in [0.15, 0.2) is 41.3 Å². The molecule has 0 spiro atoms. The minimum Gasteiger partial charge on any atom is -0.444 e. The Morgan fingerprint density at radius 3 is 2.46 bits per heavy atom. The van der Waals surface area contributed by atoms with Gasteiger partial charge in [-0.25, -0.2) is 17.6 Å². The zero-order chi connectivity index (χ0) is 25.5. The number of nitro benzene ring substituents is 1. The van der Waals surface area contributed by atoms with Crippen molar-refractivity contribution in [2.45, 2.75) is 36.2 Å². The van der Waals surface area contributed by atoms with Crippen LogP contribution in [0.2, 0.25) is 0 Å². The van der Waals surface area contributed by atoms with E-state index in [2.05, 4.69) is 0 Å². The van der Waals surface area contributed by atoms with E-state index in [-0.39, 0.29) is 41.6 Å². The second-order valence-corrected chi connectivity index (χ2v) is 12.2. The molecule has 0 saturated carbocycles. The highest BCUT2D eigenvalue weighted by molar-refractivity contribution is 7.91. The fourth-order valence-electron chi connectivity index (χ4n) is 4.35. The van der Waals surface area contributed by atoms with E-state index in [1.165, 1.54) is 23.1 Å². The summed E-state index contributed by atoms with van der Waals surface area (Å²) in [4.78, 5) is 23.6. The average Bonchev–Trinajstić information content (AvgIpc) is 3.13. The van der Waals surface area contributed by atoms with Crippen LogP contribution in [0.25, 0.3) is 0 Å². The smallest absolute Gasteiger partial charge is 0.414 e. The minimum absolute atomic E-state index is 0.00363. The molecule has 4 rings (SSSR count). The van der Waals surface area contributed by atoms with E-state index in [0.29, 0.717) is 18.4 Å². The Hall–Kier alpha value is -3.10. The highest BCUT2D eigenvalue weighted by Crippen LogP contribution is 2.34.